The molecule has 1 aliphatic heterocycles. The first-order valence-corrected chi connectivity index (χ1v) is 7.86. The molecule has 1 fully saturated rings. The third kappa shape index (κ3) is 3.24. The largest absolute Gasteiger partial charge is 0.337 e. The van der Waals surface area contributed by atoms with Gasteiger partial charge in [0, 0.05) is 13.2 Å². The zero-order valence-electron chi connectivity index (χ0n) is 10.4. The first-order chi connectivity index (χ1) is 8.60. The summed E-state index contributed by atoms with van der Waals surface area (Å²) in [5, 5.41) is 0. The quantitative estimate of drug-likeness (QED) is 0.849. The Hall–Kier alpha value is -0.290. The van der Waals surface area contributed by atoms with Gasteiger partial charge in [0.2, 0.25) is 0 Å². The Morgan fingerprint density at radius 2 is 2.16 bits per heavy atom. The van der Waals surface area contributed by atoms with Gasteiger partial charge in [0.1, 0.15) is 6.10 Å². The lowest BCUT2D eigenvalue weighted by Gasteiger charge is -2.23. The van der Waals surface area contributed by atoms with Gasteiger partial charge in [-0.3, -0.25) is 4.55 Å². The van der Waals surface area contributed by atoms with E-state index in [2.05, 4.69) is 4.98 Å². The zero-order valence-corrected chi connectivity index (χ0v) is 12.8. The number of ether oxygens (including phenoxy) is 2. The number of rotatable bonds is 3. The van der Waals surface area contributed by atoms with Gasteiger partial charge in [-0.2, -0.15) is 12.7 Å². The number of nitrogens with zero attached hydrogens (tertiary/aromatic N) is 2. The van der Waals surface area contributed by atoms with Crippen LogP contribution < -0.4 is 0 Å². The highest BCUT2D eigenvalue weighted by atomic mass is 35.5. The van der Waals surface area contributed by atoms with Gasteiger partial charge in [-0.15, -0.1) is 11.3 Å². The molecule has 1 aliphatic rings. The van der Waals surface area contributed by atoms with Gasteiger partial charge in [-0.1, -0.05) is 11.6 Å². The van der Waals surface area contributed by atoms with Crippen molar-refractivity contribution in [2.24, 2.45) is 0 Å². The molecule has 0 spiro atoms. The average Bonchev–Trinajstić information content (AvgIpc) is 2.79. The molecule has 0 bridgehead atoms. The van der Waals surface area contributed by atoms with Crippen molar-refractivity contribution >= 4 is 33.2 Å². The van der Waals surface area contributed by atoms with E-state index in [0.717, 1.165) is 11.3 Å². The van der Waals surface area contributed by atoms with Crippen LogP contribution in [0.4, 0.5) is 0 Å². The summed E-state index contributed by atoms with van der Waals surface area (Å²) in [6.07, 6.45) is -0.193. The van der Waals surface area contributed by atoms with E-state index >= 15 is 0 Å². The first kappa shape index (κ1) is 15.1. The Morgan fingerprint density at radius 3 is 2.63 bits per heavy atom. The van der Waals surface area contributed by atoms with Crippen molar-refractivity contribution < 1.29 is 22.4 Å². The molecular weight excluding hydrogens is 316 g/mol. The molecule has 1 aromatic rings. The summed E-state index contributed by atoms with van der Waals surface area (Å²) in [5.74, 6) is -0.981. The molecule has 0 aliphatic carbocycles. The molecular formula is C9H13ClN2O5S2. The fourth-order valence-electron chi connectivity index (χ4n) is 1.73. The van der Waals surface area contributed by atoms with Gasteiger partial charge >= 0.3 is 10.3 Å². The molecule has 0 amide bonds. The first-order valence-electron chi connectivity index (χ1n) is 5.27. The van der Waals surface area contributed by atoms with Crippen LogP contribution in [0.5, 0.6) is 0 Å². The minimum atomic E-state index is -4.39. The highest BCUT2D eigenvalue weighted by Crippen LogP contribution is 2.42. The van der Waals surface area contributed by atoms with Crippen LogP contribution in [0.3, 0.4) is 0 Å². The molecule has 0 saturated carbocycles. The van der Waals surface area contributed by atoms with E-state index in [0.29, 0.717) is 13.6 Å². The van der Waals surface area contributed by atoms with Crippen molar-refractivity contribution in [2.75, 3.05) is 7.05 Å². The molecule has 108 valence electrons. The average molecular weight is 329 g/mol. The highest BCUT2D eigenvalue weighted by Gasteiger charge is 2.47. The second-order valence-corrected chi connectivity index (χ2v) is 7.57. The van der Waals surface area contributed by atoms with Crippen molar-refractivity contribution in [3.05, 3.63) is 15.5 Å². The van der Waals surface area contributed by atoms with Gasteiger partial charge in [-0.05, 0) is 13.8 Å². The van der Waals surface area contributed by atoms with Crippen LogP contribution in [0, 0.1) is 0 Å². The number of halogens is 1. The van der Waals surface area contributed by atoms with Crippen LogP contribution in [0.15, 0.2) is 6.20 Å². The van der Waals surface area contributed by atoms with E-state index in [1.807, 2.05) is 0 Å². The molecule has 1 saturated heterocycles. The van der Waals surface area contributed by atoms with E-state index in [9.17, 15) is 8.42 Å². The van der Waals surface area contributed by atoms with Crippen LogP contribution in [-0.2, 0) is 19.8 Å². The fraction of sp³-hybridized carbons (Fsp3) is 0.667. The van der Waals surface area contributed by atoms with Crippen molar-refractivity contribution in [1.29, 1.82) is 0 Å². The number of hydrogen-bond donors (Lipinski definition) is 1. The summed E-state index contributed by atoms with van der Waals surface area (Å²) in [4.78, 5) is 4.50. The standard InChI is InChI=1S/C9H13ClN2O5S2/c1-9(2)16-6(5-4-11-8(10)18-5)7(17-9)12(3)19(13,14)15/h4,6-7H,1-3H3,(H,13,14,15). The smallest absolute Gasteiger partial charge is 0.337 e. The third-order valence-corrected chi connectivity index (χ3v) is 4.68. The number of hydrogen-bond acceptors (Lipinski definition) is 6. The zero-order chi connectivity index (χ0) is 14.4. The second kappa shape index (κ2) is 4.92. The summed E-state index contributed by atoms with van der Waals surface area (Å²) < 4.78 is 43.7. The topological polar surface area (TPSA) is 89.0 Å². The summed E-state index contributed by atoms with van der Waals surface area (Å²) >= 11 is 6.92. The lowest BCUT2D eigenvalue weighted by molar-refractivity contribution is -0.154. The number of thiazole rings is 1. The van der Waals surface area contributed by atoms with Crippen LogP contribution in [-0.4, -0.2) is 41.3 Å². The van der Waals surface area contributed by atoms with E-state index in [1.165, 1.54) is 13.2 Å². The van der Waals surface area contributed by atoms with Crippen LogP contribution >= 0.6 is 22.9 Å². The predicted octanol–water partition coefficient (Wildman–Crippen LogP) is 1.68. The van der Waals surface area contributed by atoms with Gasteiger partial charge in [-0.25, -0.2) is 4.98 Å². The maximum Gasteiger partial charge on any atom is 0.337 e. The highest BCUT2D eigenvalue weighted by molar-refractivity contribution is 7.83. The van der Waals surface area contributed by atoms with Crippen LogP contribution in [0.1, 0.15) is 24.8 Å². The fourth-order valence-corrected chi connectivity index (χ4v) is 3.15. The molecule has 2 atom stereocenters. The van der Waals surface area contributed by atoms with Gasteiger partial charge in [0.05, 0.1) is 4.88 Å². The van der Waals surface area contributed by atoms with Crippen molar-refractivity contribution in [3.63, 3.8) is 0 Å². The van der Waals surface area contributed by atoms with Crippen LogP contribution in [0.25, 0.3) is 0 Å². The second-order valence-electron chi connectivity index (χ2n) is 4.46. The molecule has 1 N–H and O–H groups in total. The maximum absolute atomic E-state index is 11.2. The summed E-state index contributed by atoms with van der Waals surface area (Å²) in [7, 11) is -3.18. The summed E-state index contributed by atoms with van der Waals surface area (Å²) in [6.45, 7) is 3.31. The SMILES string of the molecule is CN(C1OC(C)(C)OC1c1cnc(Cl)s1)S(=O)(=O)O. The minimum Gasteiger partial charge on any atom is -0.337 e. The van der Waals surface area contributed by atoms with Crippen molar-refractivity contribution in [1.82, 2.24) is 9.29 Å². The number of aromatic nitrogens is 1. The Labute approximate surface area is 120 Å². The van der Waals surface area contributed by atoms with Gasteiger partial charge in [0.25, 0.3) is 0 Å². The molecule has 0 aromatic carbocycles. The molecule has 2 unspecified atom stereocenters. The molecule has 19 heavy (non-hydrogen) atoms. The molecule has 1 aromatic heterocycles. The molecule has 0 radical (unpaired) electrons. The third-order valence-electron chi connectivity index (χ3n) is 2.57. The van der Waals surface area contributed by atoms with Gasteiger partial charge in [0.15, 0.2) is 16.5 Å². The monoisotopic (exact) mass is 328 g/mol. The predicted molar refractivity (Wildman–Crippen MR) is 69.2 cm³/mol. The van der Waals surface area contributed by atoms with Gasteiger partial charge < -0.3 is 9.47 Å². The van der Waals surface area contributed by atoms with E-state index in [1.54, 1.807) is 13.8 Å². The lowest BCUT2D eigenvalue weighted by Crippen LogP contribution is -2.40. The van der Waals surface area contributed by atoms with E-state index in [4.69, 9.17) is 25.6 Å². The molecule has 7 nitrogen and oxygen atoms in total. The molecule has 2 rings (SSSR count). The minimum absolute atomic E-state index is 0.316. The number of likely N-dealkylation sites (N-methyl/N-ethyl adjacent to an activating group) is 1. The van der Waals surface area contributed by atoms with Crippen LogP contribution in [0.2, 0.25) is 4.47 Å². The summed E-state index contributed by atoms with van der Waals surface area (Å²) in [6, 6.07) is 0. The Morgan fingerprint density at radius 1 is 1.53 bits per heavy atom. The Balaban J connectivity index is 2.34. The molecule has 2 heterocycles. The normalized spacial score (nSPS) is 27.1. The summed E-state index contributed by atoms with van der Waals surface area (Å²) in [5.41, 5.74) is 0. The van der Waals surface area contributed by atoms with E-state index in [-0.39, 0.29) is 0 Å². The Kier molecular flexibility index (Phi) is 3.91. The maximum atomic E-state index is 11.2. The van der Waals surface area contributed by atoms with Crippen molar-refractivity contribution in [3.8, 4) is 0 Å². The Bertz CT molecular complexity index is 573. The van der Waals surface area contributed by atoms with Crippen molar-refractivity contribution in [2.45, 2.75) is 32.0 Å². The van der Waals surface area contributed by atoms with E-state index < -0.39 is 28.4 Å². The molecule has 10 heteroatoms. The lowest BCUT2D eigenvalue weighted by atomic mass is 10.3.